The summed E-state index contributed by atoms with van der Waals surface area (Å²) in [6.07, 6.45) is 2.55. The Morgan fingerprint density at radius 2 is 1.86 bits per heavy atom. The van der Waals surface area contributed by atoms with Gasteiger partial charge in [0.25, 0.3) is 5.91 Å². The van der Waals surface area contributed by atoms with Crippen LogP contribution < -0.4 is 10.1 Å². The van der Waals surface area contributed by atoms with E-state index in [0.29, 0.717) is 25.4 Å². The van der Waals surface area contributed by atoms with Crippen molar-refractivity contribution in [3.8, 4) is 5.75 Å². The Labute approximate surface area is 165 Å². The van der Waals surface area contributed by atoms with Gasteiger partial charge >= 0.3 is 0 Å². The molecule has 0 saturated heterocycles. The molecule has 2 heterocycles. The van der Waals surface area contributed by atoms with Crippen LogP contribution in [-0.2, 0) is 13.0 Å². The van der Waals surface area contributed by atoms with Gasteiger partial charge in [-0.25, -0.2) is 0 Å². The van der Waals surface area contributed by atoms with Gasteiger partial charge in [0.15, 0.2) is 0 Å². The van der Waals surface area contributed by atoms with Crippen molar-refractivity contribution in [3.05, 3.63) is 83.7 Å². The third-order valence-electron chi connectivity index (χ3n) is 4.85. The van der Waals surface area contributed by atoms with Crippen LogP contribution in [0.5, 0.6) is 5.75 Å². The maximum absolute atomic E-state index is 12.9. The van der Waals surface area contributed by atoms with Gasteiger partial charge in [-0.15, -0.1) is 0 Å². The lowest BCUT2D eigenvalue weighted by molar-refractivity contribution is 0.0729. The highest BCUT2D eigenvalue weighted by molar-refractivity contribution is 5.93. The molecule has 5 heteroatoms. The Balaban J connectivity index is 1.47. The summed E-state index contributed by atoms with van der Waals surface area (Å²) >= 11 is 0. The molecule has 0 saturated carbocycles. The standard InChI is InChI=1S/C23H23N3O2/c1-2-28-21-9-7-19(8-10-21)25-20-11-13-24-22(15-20)23(27)26-14-12-17-5-3-4-6-18(17)16-26/h3-11,13,15H,2,12,14,16H2,1H3,(H,24,25). The molecule has 0 unspecified atom stereocenters. The zero-order valence-electron chi connectivity index (χ0n) is 15.9. The molecule has 0 fully saturated rings. The second-order valence-corrected chi connectivity index (χ2v) is 6.76. The maximum atomic E-state index is 12.9. The predicted octanol–water partition coefficient (Wildman–Crippen LogP) is 4.42. The molecule has 0 radical (unpaired) electrons. The summed E-state index contributed by atoms with van der Waals surface area (Å²) in [5.41, 5.74) is 4.76. The van der Waals surface area contributed by atoms with Crippen LogP contribution in [0.1, 0.15) is 28.5 Å². The molecule has 0 bridgehead atoms. The second kappa shape index (κ2) is 8.13. The van der Waals surface area contributed by atoms with Gasteiger partial charge < -0.3 is 15.0 Å². The third-order valence-corrected chi connectivity index (χ3v) is 4.85. The highest BCUT2D eigenvalue weighted by Gasteiger charge is 2.22. The third kappa shape index (κ3) is 3.98. The van der Waals surface area contributed by atoms with Crippen LogP contribution in [-0.4, -0.2) is 28.9 Å². The first-order valence-corrected chi connectivity index (χ1v) is 9.55. The number of rotatable bonds is 5. The number of fused-ring (bicyclic) bond motifs is 1. The lowest BCUT2D eigenvalue weighted by atomic mass is 10.00. The molecule has 5 nitrogen and oxygen atoms in total. The van der Waals surface area contributed by atoms with Gasteiger partial charge in [0.2, 0.25) is 0 Å². The van der Waals surface area contributed by atoms with E-state index in [1.807, 2.05) is 54.3 Å². The molecule has 1 N–H and O–H groups in total. The molecule has 1 aliphatic rings. The molecule has 1 amide bonds. The van der Waals surface area contributed by atoms with Crippen LogP contribution in [0.15, 0.2) is 66.9 Å². The highest BCUT2D eigenvalue weighted by Crippen LogP contribution is 2.23. The first kappa shape index (κ1) is 18.0. The lowest BCUT2D eigenvalue weighted by Gasteiger charge is -2.28. The Morgan fingerprint density at radius 1 is 1.07 bits per heavy atom. The van der Waals surface area contributed by atoms with E-state index in [-0.39, 0.29) is 5.91 Å². The van der Waals surface area contributed by atoms with Gasteiger partial charge in [0.1, 0.15) is 11.4 Å². The van der Waals surface area contributed by atoms with Crippen LogP contribution in [0.2, 0.25) is 0 Å². The van der Waals surface area contributed by atoms with Crippen LogP contribution >= 0.6 is 0 Å². The number of carbonyl (C=O) groups is 1. The number of carbonyl (C=O) groups excluding carboxylic acids is 1. The highest BCUT2D eigenvalue weighted by atomic mass is 16.5. The normalized spacial score (nSPS) is 13.0. The van der Waals surface area contributed by atoms with E-state index < -0.39 is 0 Å². The Kier molecular flexibility index (Phi) is 5.24. The molecule has 28 heavy (non-hydrogen) atoms. The number of benzene rings is 2. The monoisotopic (exact) mass is 373 g/mol. The first-order chi connectivity index (χ1) is 13.7. The van der Waals surface area contributed by atoms with Crippen molar-refractivity contribution in [2.75, 3.05) is 18.5 Å². The topological polar surface area (TPSA) is 54.5 Å². The van der Waals surface area contributed by atoms with Gasteiger partial charge in [-0.05, 0) is 60.9 Å². The summed E-state index contributed by atoms with van der Waals surface area (Å²) in [5.74, 6) is 0.800. The van der Waals surface area contributed by atoms with Crippen LogP contribution in [0.4, 0.5) is 11.4 Å². The summed E-state index contributed by atoms with van der Waals surface area (Å²) in [6, 6.07) is 19.7. The van der Waals surface area contributed by atoms with E-state index in [0.717, 1.165) is 23.5 Å². The molecule has 1 aromatic heterocycles. The van der Waals surface area contributed by atoms with Gasteiger partial charge in [-0.1, -0.05) is 24.3 Å². The second-order valence-electron chi connectivity index (χ2n) is 6.76. The molecule has 1 aliphatic heterocycles. The number of amides is 1. The molecule has 0 spiro atoms. The van der Waals surface area contributed by atoms with E-state index in [1.165, 1.54) is 11.1 Å². The summed E-state index contributed by atoms with van der Waals surface area (Å²) in [6.45, 7) is 3.95. The molecular weight excluding hydrogens is 350 g/mol. The minimum atomic E-state index is -0.0372. The number of aromatic nitrogens is 1. The van der Waals surface area contributed by atoms with E-state index in [9.17, 15) is 4.79 Å². The van der Waals surface area contributed by atoms with Crippen molar-refractivity contribution in [2.45, 2.75) is 19.9 Å². The molecule has 0 atom stereocenters. The van der Waals surface area contributed by atoms with Crippen molar-refractivity contribution in [3.63, 3.8) is 0 Å². The van der Waals surface area contributed by atoms with Crippen molar-refractivity contribution < 1.29 is 9.53 Å². The number of pyridine rings is 1. The van der Waals surface area contributed by atoms with E-state index in [4.69, 9.17) is 4.74 Å². The Bertz CT molecular complexity index is 970. The molecule has 4 rings (SSSR count). The fourth-order valence-electron chi connectivity index (χ4n) is 3.42. The first-order valence-electron chi connectivity index (χ1n) is 9.55. The van der Waals surface area contributed by atoms with Gasteiger partial charge in [0, 0.05) is 30.7 Å². The summed E-state index contributed by atoms with van der Waals surface area (Å²) < 4.78 is 5.47. The van der Waals surface area contributed by atoms with Gasteiger partial charge in [-0.2, -0.15) is 0 Å². The lowest BCUT2D eigenvalue weighted by Crippen LogP contribution is -2.36. The molecule has 142 valence electrons. The Hall–Kier alpha value is -3.34. The smallest absolute Gasteiger partial charge is 0.272 e. The summed E-state index contributed by atoms with van der Waals surface area (Å²) in [7, 11) is 0. The summed E-state index contributed by atoms with van der Waals surface area (Å²) in [4.78, 5) is 19.1. The van der Waals surface area contributed by atoms with E-state index in [2.05, 4.69) is 22.4 Å². The number of anilines is 2. The fourth-order valence-corrected chi connectivity index (χ4v) is 3.42. The van der Waals surface area contributed by atoms with Crippen LogP contribution in [0.3, 0.4) is 0 Å². The average Bonchev–Trinajstić information content (AvgIpc) is 2.75. The Morgan fingerprint density at radius 3 is 2.64 bits per heavy atom. The van der Waals surface area contributed by atoms with Crippen LogP contribution in [0.25, 0.3) is 0 Å². The maximum Gasteiger partial charge on any atom is 0.272 e. The fraction of sp³-hybridized carbons (Fsp3) is 0.217. The number of nitrogens with zero attached hydrogens (tertiary/aromatic N) is 2. The van der Waals surface area contributed by atoms with E-state index >= 15 is 0 Å². The van der Waals surface area contributed by atoms with Crippen molar-refractivity contribution in [1.29, 1.82) is 0 Å². The van der Waals surface area contributed by atoms with Crippen molar-refractivity contribution in [1.82, 2.24) is 9.88 Å². The van der Waals surface area contributed by atoms with Gasteiger partial charge in [-0.3, -0.25) is 9.78 Å². The van der Waals surface area contributed by atoms with E-state index in [1.54, 1.807) is 12.3 Å². The number of hydrogen-bond donors (Lipinski definition) is 1. The van der Waals surface area contributed by atoms with Crippen LogP contribution in [0, 0.1) is 0 Å². The number of ether oxygens (including phenoxy) is 1. The number of hydrogen-bond acceptors (Lipinski definition) is 4. The largest absolute Gasteiger partial charge is 0.494 e. The molecule has 3 aromatic rings. The zero-order chi connectivity index (χ0) is 19.3. The quantitative estimate of drug-likeness (QED) is 0.719. The zero-order valence-corrected chi connectivity index (χ0v) is 15.9. The van der Waals surface area contributed by atoms with Crippen molar-refractivity contribution in [2.24, 2.45) is 0 Å². The average molecular weight is 373 g/mol. The minimum absolute atomic E-state index is 0.0372. The summed E-state index contributed by atoms with van der Waals surface area (Å²) in [5, 5.41) is 3.32. The minimum Gasteiger partial charge on any atom is -0.494 e. The SMILES string of the molecule is CCOc1ccc(Nc2ccnc(C(=O)N3CCc4ccccc4C3)c2)cc1. The van der Waals surface area contributed by atoms with Crippen molar-refractivity contribution >= 4 is 17.3 Å². The molecular formula is C23H23N3O2. The molecule has 2 aromatic carbocycles. The predicted molar refractivity (Wildman–Crippen MR) is 110 cm³/mol. The molecule has 0 aliphatic carbocycles. The number of nitrogens with one attached hydrogen (secondary N) is 1. The van der Waals surface area contributed by atoms with Gasteiger partial charge in [0.05, 0.1) is 6.61 Å².